The van der Waals surface area contributed by atoms with Crippen molar-refractivity contribution in [3.63, 3.8) is 0 Å². The Bertz CT molecular complexity index is 385. The molecular weight excluding hydrogens is 262 g/mol. The van der Waals surface area contributed by atoms with Crippen molar-refractivity contribution >= 4 is 23.5 Å². The standard InChI is InChI=1S/C14H22ClN3O/c1-2-3-4-5-6-7-8-9-13(19)18-14-16-11-10-12(15)17-14/h10-11H,2-9H2,1H3,(H,16,17,18,19). The third-order valence-corrected chi connectivity index (χ3v) is 3.09. The summed E-state index contributed by atoms with van der Waals surface area (Å²) in [5.74, 6) is 0.233. The zero-order chi connectivity index (χ0) is 13.9. The predicted octanol–water partition coefficient (Wildman–Crippen LogP) is 4.21. The second-order valence-electron chi connectivity index (χ2n) is 4.62. The lowest BCUT2D eigenvalue weighted by molar-refractivity contribution is -0.116. The van der Waals surface area contributed by atoms with E-state index in [4.69, 9.17) is 11.6 Å². The fraction of sp³-hybridized carbons (Fsp3) is 0.643. The number of carbonyl (C=O) groups is 1. The maximum Gasteiger partial charge on any atom is 0.230 e. The molecule has 0 atom stereocenters. The molecule has 1 rings (SSSR count). The first-order valence-corrected chi connectivity index (χ1v) is 7.38. The van der Waals surface area contributed by atoms with Gasteiger partial charge in [0, 0.05) is 12.6 Å². The van der Waals surface area contributed by atoms with Crippen molar-refractivity contribution in [1.82, 2.24) is 9.97 Å². The van der Waals surface area contributed by atoms with Gasteiger partial charge in [-0.25, -0.2) is 9.97 Å². The number of hydrogen-bond acceptors (Lipinski definition) is 3. The van der Waals surface area contributed by atoms with Gasteiger partial charge in [0.25, 0.3) is 0 Å². The molecule has 0 radical (unpaired) electrons. The molecule has 0 saturated heterocycles. The van der Waals surface area contributed by atoms with E-state index in [9.17, 15) is 4.79 Å². The van der Waals surface area contributed by atoms with Crippen molar-refractivity contribution in [2.45, 2.75) is 58.3 Å². The number of amides is 1. The van der Waals surface area contributed by atoms with Crippen LogP contribution in [-0.2, 0) is 4.79 Å². The number of aromatic nitrogens is 2. The Morgan fingerprint density at radius 3 is 2.58 bits per heavy atom. The second kappa shape index (κ2) is 9.73. The summed E-state index contributed by atoms with van der Waals surface area (Å²) in [6, 6.07) is 1.58. The largest absolute Gasteiger partial charge is 0.294 e. The third-order valence-electron chi connectivity index (χ3n) is 2.88. The molecule has 4 nitrogen and oxygen atoms in total. The Morgan fingerprint density at radius 1 is 1.21 bits per heavy atom. The van der Waals surface area contributed by atoms with Gasteiger partial charge in [-0.05, 0) is 12.5 Å². The predicted molar refractivity (Wildman–Crippen MR) is 78.3 cm³/mol. The topological polar surface area (TPSA) is 54.9 Å². The summed E-state index contributed by atoms with van der Waals surface area (Å²) in [6.07, 6.45) is 10.4. The highest BCUT2D eigenvalue weighted by molar-refractivity contribution is 6.29. The van der Waals surface area contributed by atoms with Crippen LogP contribution in [0.15, 0.2) is 12.3 Å². The number of halogens is 1. The van der Waals surface area contributed by atoms with Gasteiger partial charge in [-0.15, -0.1) is 0 Å². The van der Waals surface area contributed by atoms with E-state index in [0.717, 1.165) is 12.8 Å². The highest BCUT2D eigenvalue weighted by Gasteiger charge is 2.04. The van der Waals surface area contributed by atoms with Crippen molar-refractivity contribution in [3.05, 3.63) is 17.4 Å². The van der Waals surface area contributed by atoms with Gasteiger partial charge in [0.2, 0.25) is 11.9 Å². The van der Waals surface area contributed by atoms with Crippen LogP contribution in [0.2, 0.25) is 5.15 Å². The maximum atomic E-state index is 11.6. The molecule has 0 aliphatic heterocycles. The van der Waals surface area contributed by atoms with Crippen LogP contribution in [0.1, 0.15) is 58.3 Å². The van der Waals surface area contributed by atoms with Gasteiger partial charge in [-0.1, -0.05) is 57.0 Å². The molecule has 106 valence electrons. The van der Waals surface area contributed by atoms with E-state index in [1.165, 1.54) is 38.3 Å². The molecule has 0 spiro atoms. The minimum Gasteiger partial charge on any atom is -0.294 e. The first-order chi connectivity index (χ1) is 9.22. The summed E-state index contributed by atoms with van der Waals surface area (Å²) < 4.78 is 0. The van der Waals surface area contributed by atoms with Crippen LogP contribution in [0.5, 0.6) is 0 Å². The molecule has 1 aromatic heterocycles. The fourth-order valence-corrected chi connectivity index (χ4v) is 1.96. The minimum atomic E-state index is -0.0455. The fourth-order valence-electron chi connectivity index (χ4n) is 1.83. The second-order valence-corrected chi connectivity index (χ2v) is 5.01. The van der Waals surface area contributed by atoms with Crippen LogP contribution in [-0.4, -0.2) is 15.9 Å². The molecule has 5 heteroatoms. The first kappa shape index (κ1) is 15.9. The van der Waals surface area contributed by atoms with Crippen molar-refractivity contribution in [2.75, 3.05) is 5.32 Å². The van der Waals surface area contributed by atoms with Crippen molar-refractivity contribution < 1.29 is 4.79 Å². The smallest absolute Gasteiger partial charge is 0.230 e. The van der Waals surface area contributed by atoms with Crippen molar-refractivity contribution in [2.24, 2.45) is 0 Å². The number of unbranched alkanes of at least 4 members (excludes halogenated alkanes) is 6. The Labute approximate surface area is 120 Å². The SMILES string of the molecule is CCCCCCCCCC(=O)Nc1nccc(Cl)n1. The van der Waals surface area contributed by atoms with Gasteiger partial charge >= 0.3 is 0 Å². The molecule has 0 bridgehead atoms. The lowest BCUT2D eigenvalue weighted by atomic mass is 10.1. The maximum absolute atomic E-state index is 11.6. The first-order valence-electron chi connectivity index (χ1n) is 7.00. The van der Waals surface area contributed by atoms with Gasteiger partial charge in [-0.2, -0.15) is 0 Å². The van der Waals surface area contributed by atoms with Crippen LogP contribution >= 0.6 is 11.6 Å². The molecular formula is C14H22ClN3O. The van der Waals surface area contributed by atoms with E-state index >= 15 is 0 Å². The van der Waals surface area contributed by atoms with Gasteiger partial charge in [0.1, 0.15) is 5.15 Å². The Balaban J connectivity index is 2.08. The third kappa shape index (κ3) is 7.78. The van der Waals surface area contributed by atoms with Gasteiger partial charge in [-0.3, -0.25) is 10.1 Å². The molecule has 0 saturated carbocycles. The Kier molecular flexibility index (Phi) is 8.14. The van der Waals surface area contributed by atoms with E-state index in [1.807, 2.05) is 0 Å². The van der Waals surface area contributed by atoms with E-state index in [0.29, 0.717) is 11.6 Å². The van der Waals surface area contributed by atoms with E-state index in [2.05, 4.69) is 22.2 Å². The molecule has 1 amide bonds. The highest BCUT2D eigenvalue weighted by atomic mass is 35.5. The molecule has 1 aromatic rings. The average Bonchev–Trinajstić information content (AvgIpc) is 2.37. The lowest BCUT2D eigenvalue weighted by Crippen LogP contribution is -2.13. The number of nitrogens with one attached hydrogen (secondary N) is 1. The monoisotopic (exact) mass is 283 g/mol. The summed E-state index contributed by atoms with van der Waals surface area (Å²) in [4.78, 5) is 19.5. The average molecular weight is 284 g/mol. The lowest BCUT2D eigenvalue weighted by Gasteiger charge is -2.03. The van der Waals surface area contributed by atoms with Gasteiger partial charge < -0.3 is 0 Å². The molecule has 0 aliphatic carbocycles. The number of nitrogens with zero attached hydrogens (tertiary/aromatic N) is 2. The van der Waals surface area contributed by atoms with E-state index < -0.39 is 0 Å². The molecule has 1 heterocycles. The number of hydrogen-bond donors (Lipinski definition) is 1. The van der Waals surface area contributed by atoms with Crippen LogP contribution in [0.3, 0.4) is 0 Å². The summed E-state index contributed by atoms with van der Waals surface area (Å²) in [7, 11) is 0. The van der Waals surface area contributed by atoms with Crippen LogP contribution in [0.4, 0.5) is 5.95 Å². The Hall–Kier alpha value is -1.16. The quantitative estimate of drug-likeness (QED) is 0.545. The van der Waals surface area contributed by atoms with Crippen molar-refractivity contribution in [3.8, 4) is 0 Å². The molecule has 0 aliphatic rings. The molecule has 19 heavy (non-hydrogen) atoms. The van der Waals surface area contributed by atoms with Crippen LogP contribution in [0.25, 0.3) is 0 Å². The van der Waals surface area contributed by atoms with Crippen LogP contribution in [0, 0.1) is 0 Å². The van der Waals surface area contributed by atoms with E-state index in [1.54, 1.807) is 6.07 Å². The number of carbonyl (C=O) groups excluding carboxylic acids is 1. The minimum absolute atomic E-state index is 0.0455. The normalized spacial score (nSPS) is 10.4. The molecule has 1 N–H and O–H groups in total. The Morgan fingerprint density at radius 2 is 1.89 bits per heavy atom. The summed E-state index contributed by atoms with van der Waals surface area (Å²) in [5.41, 5.74) is 0. The highest BCUT2D eigenvalue weighted by Crippen LogP contribution is 2.10. The summed E-state index contributed by atoms with van der Waals surface area (Å²) >= 11 is 5.71. The summed E-state index contributed by atoms with van der Waals surface area (Å²) in [5, 5.41) is 2.98. The summed E-state index contributed by atoms with van der Waals surface area (Å²) in [6.45, 7) is 2.21. The molecule has 0 fully saturated rings. The molecule has 0 aromatic carbocycles. The van der Waals surface area contributed by atoms with Gasteiger partial charge in [0.15, 0.2) is 0 Å². The van der Waals surface area contributed by atoms with Gasteiger partial charge in [0.05, 0.1) is 0 Å². The number of rotatable bonds is 9. The number of anilines is 1. The van der Waals surface area contributed by atoms with Crippen LogP contribution < -0.4 is 5.32 Å². The van der Waals surface area contributed by atoms with E-state index in [-0.39, 0.29) is 11.9 Å². The zero-order valence-electron chi connectivity index (χ0n) is 11.5. The zero-order valence-corrected chi connectivity index (χ0v) is 12.2. The van der Waals surface area contributed by atoms with Crippen molar-refractivity contribution in [1.29, 1.82) is 0 Å². The molecule has 0 unspecified atom stereocenters.